The number of pyridine rings is 1. The number of nitrogens with one attached hydrogen (secondary N) is 1. The number of thiazole rings is 1. The van der Waals surface area contributed by atoms with Crippen LogP contribution < -0.4 is 4.72 Å². The van der Waals surface area contributed by atoms with Gasteiger partial charge in [-0.2, -0.15) is 21.6 Å². The number of sulfonamides is 1. The Morgan fingerprint density at radius 3 is 2.58 bits per heavy atom. The van der Waals surface area contributed by atoms with E-state index in [4.69, 9.17) is 11.6 Å². The molecule has 0 saturated carbocycles. The van der Waals surface area contributed by atoms with Gasteiger partial charge in [0.25, 0.3) is 0 Å². The minimum absolute atomic E-state index is 0.0489. The van der Waals surface area contributed by atoms with E-state index in [-0.39, 0.29) is 10.7 Å². The Balaban J connectivity index is 1.68. The molecule has 0 atom stereocenters. The molecule has 3 heterocycles. The third kappa shape index (κ3) is 3.86. The van der Waals surface area contributed by atoms with Crippen molar-refractivity contribution in [2.45, 2.75) is 12.4 Å². The zero-order chi connectivity index (χ0) is 22.6. The van der Waals surface area contributed by atoms with Crippen LogP contribution in [0.1, 0.15) is 5.82 Å². The first-order valence-corrected chi connectivity index (χ1v) is 11.3. The SMILES string of the molecule is Cc1nc2c(-c3nc(-c4ccc(NS(=O)(=O)C(F)(F)F)cc4Cl)cs3)ccnc2n1C. The molecule has 162 valence electrons. The van der Waals surface area contributed by atoms with Crippen molar-refractivity contribution >= 4 is 49.8 Å². The van der Waals surface area contributed by atoms with Gasteiger partial charge in [-0.3, -0.25) is 4.72 Å². The zero-order valence-corrected chi connectivity index (χ0v) is 18.3. The number of halogens is 4. The standard InChI is InChI=1S/C18H13ClF3N5O2S2/c1-9-24-15-12(5-6-23-16(15)27(9)2)17-25-14(8-30-17)11-4-3-10(7-13(11)19)26-31(28,29)18(20,21)22/h3-8,26H,1-2H3. The number of imidazole rings is 1. The van der Waals surface area contributed by atoms with Crippen molar-refractivity contribution in [1.29, 1.82) is 0 Å². The number of hydrogen-bond donors (Lipinski definition) is 1. The zero-order valence-electron chi connectivity index (χ0n) is 15.9. The van der Waals surface area contributed by atoms with Crippen molar-refractivity contribution in [1.82, 2.24) is 19.5 Å². The van der Waals surface area contributed by atoms with Gasteiger partial charge in [-0.25, -0.2) is 15.0 Å². The first-order chi connectivity index (χ1) is 14.5. The van der Waals surface area contributed by atoms with E-state index in [9.17, 15) is 21.6 Å². The molecule has 0 spiro atoms. The van der Waals surface area contributed by atoms with Gasteiger partial charge in [0.15, 0.2) is 5.65 Å². The summed E-state index contributed by atoms with van der Waals surface area (Å²) < 4.78 is 63.6. The van der Waals surface area contributed by atoms with Gasteiger partial charge >= 0.3 is 15.5 Å². The van der Waals surface area contributed by atoms with Crippen LogP contribution in [0.5, 0.6) is 0 Å². The van der Waals surface area contributed by atoms with Gasteiger partial charge in [-0.05, 0) is 31.2 Å². The Morgan fingerprint density at radius 1 is 1.16 bits per heavy atom. The number of nitrogens with zero attached hydrogens (tertiary/aromatic N) is 4. The lowest BCUT2D eigenvalue weighted by molar-refractivity contribution is -0.0429. The summed E-state index contributed by atoms with van der Waals surface area (Å²) in [5.74, 6) is 0.798. The molecule has 4 aromatic rings. The van der Waals surface area contributed by atoms with Crippen LogP contribution in [-0.4, -0.2) is 33.4 Å². The van der Waals surface area contributed by atoms with Crippen LogP contribution in [0.3, 0.4) is 0 Å². The molecule has 0 amide bonds. The quantitative estimate of drug-likeness (QED) is 0.438. The average Bonchev–Trinajstić information content (AvgIpc) is 3.26. The van der Waals surface area contributed by atoms with Crippen LogP contribution in [0, 0.1) is 6.92 Å². The summed E-state index contributed by atoms with van der Waals surface area (Å²) in [6.45, 7) is 1.87. The predicted octanol–water partition coefficient (Wildman–Crippen LogP) is 4.98. The molecule has 0 aliphatic rings. The molecular weight excluding hydrogens is 475 g/mol. The summed E-state index contributed by atoms with van der Waals surface area (Å²) in [7, 11) is -3.67. The molecule has 3 aromatic heterocycles. The summed E-state index contributed by atoms with van der Waals surface area (Å²) in [5, 5.41) is 2.46. The summed E-state index contributed by atoms with van der Waals surface area (Å²) in [4.78, 5) is 13.5. The maximum atomic E-state index is 12.6. The minimum Gasteiger partial charge on any atom is -0.316 e. The molecule has 0 aliphatic heterocycles. The molecule has 0 bridgehead atoms. The highest BCUT2D eigenvalue weighted by atomic mass is 35.5. The molecule has 0 aliphatic carbocycles. The molecule has 1 aromatic carbocycles. The molecular formula is C18H13ClF3N5O2S2. The van der Waals surface area contributed by atoms with Crippen molar-refractivity contribution in [3.63, 3.8) is 0 Å². The van der Waals surface area contributed by atoms with Crippen LogP contribution >= 0.6 is 22.9 Å². The fourth-order valence-electron chi connectivity index (χ4n) is 2.88. The molecule has 13 heteroatoms. The smallest absolute Gasteiger partial charge is 0.316 e. The molecule has 31 heavy (non-hydrogen) atoms. The molecule has 0 radical (unpaired) electrons. The van der Waals surface area contributed by atoms with Crippen molar-refractivity contribution in [3.05, 3.63) is 46.7 Å². The second-order valence-corrected chi connectivity index (χ2v) is 9.47. The van der Waals surface area contributed by atoms with Crippen LogP contribution in [0.2, 0.25) is 5.02 Å². The van der Waals surface area contributed by atoms with Crippen molar-refractivity contribution in [2.75, 3.05) is 4.72 Å². The maximum absolute atomic E-state index is 12.6. The van der Waals surface area contributed by atoms with E-state index in [1.165, 1.54) is 28.2 Å². The van der Waals surface area contributed by atoms with Crippen LogP contribution in [-0.2, 0) is 17.1 Å². The van der Waals surface area contributed by atoms with Crippen molar-refractivity contribution < 1.29 is 21.6 Å². The molecule has 0 fully saturated rings. The number of benzene rings is 1. The monoisotopic (exact) mass is 487 g/mol. The van der Waals surface area contributed by atoms with Gasteiger partial charge in [0.1, 0.15) is 16.3 Å². The number of aromatic nitrogens is 4. The van der Waals surface area contributed by atoms with Gasteiger partial charge in [0, 0.05) is 29.8 Å². The molecule has 0 unspecified atom stereocenters. The summed E-state index contributed by atoms with van der Waals surface area (Å²) in [6, 6.07) is 5.50. The highest BCUT2D eigenvalue weighted by Gasteiger charge is 2.46. The van der Waals surface area contributed by atoms with Gasteiger partial charge in [-0.15, -0.1) is 11.3 Å². The van der Waals surface area contributed by atoms with Gasteiger partial charge in [-0.1, -0.05) is 11.6 Å². The van der Waals surface area contributed by atoms with Crippen molar-refractivity contribution in [3.8, 4) is 21.8 Å². The Morgan fingerprint density at radius 2 is 1.90 bits per heavy atom. The molecule has 1 N–H and O–H groups in total. The van der Waals surface area contributed by atoms with E-state index in [0.717, 1.165) is 17.5 Å². The topological polar surface area (TPSA) is 89.8 Å². The number of hydrogen-bond acceptors (Lipinski definition) is 6. The number of fused-ring (bicyclic) bond motifs is 1. The van der Waals surface area contributed by atoms with Crippen LogP contribution in [0.25, 0.3) is 33.0 Å². The largest absolute Gasteiger partial charge is 0.516 e. The van der Waals surface area contributed by atoms with E-state index in [0.29, 0.717) is 27.4 Å². The highest BCUT2D eigenvalue weighted by Crippen LogP contribution is 2.36. The third-order valence-corrected chi connectivity index (χ3v) is 6.82. The Labute approximate surface area is 183 Å². The lowest BCUT2D eigenvalue weighted by Gasteiger charge is -2.11. The van der Waals surface area contributed by atoms with E-state index < -0.39 is 15.5 Å². The minimum atomic E-state index is -5.54. The average molecular weight is 488 g/mol. The molecule has 4 rings (SSSR count). The van der Waals surface area contributed by atoms with Crippen LogP contribution in [0.4, 0.5) is 18.9 Å². The van der Waals surface area contributed by atoms with Gasteiger partial charge < -0.3 is 4.57 Å². The first-order valence-electron chi connectivity index (χ1n) is 8.61. The lowest BCUT2D eigenvalue weighted by Crippen LogP contribution is -2.29. The van der Waals surface area contributed by atoms with E-state index >= 15 is 0 Å². The molecule has 7 nitrogen and oxygen atoms in total. The number of anilines is 1. The summed E-state index contributed by atoms with van der Waals surface area (Å²) in [6.07, 6.45) is 1.66. The highest BCUT2D eigenvalue weighted by molar-refractivity contribution is 7.93. The summed E-state index contributed by atoms with van der Waals surface area (Å²) in [5.41, 5.74) is -2.59. The van der Waals surface area contributed by atoms with Gasteiger partial charge in [0.05, 0.1) is 16.4 Å². The third-order valence-electron chi connectivity index (χ3n) is 4.52. The predicted molar refractivity (Wildman–Crippen MR) is 113 cm³/mol. The van der Waals surface area contributed by atoms with Crippen molar-refractivity contribution in [2.24, 2.45) is 7.05 Å². The number of aryl methyl sites for hydroxylation is 2. The van der Waals surface area contributed by atoms with E-state index in [1.807, 2.05) is 18.5 Å². The van der Waals surface area contributed by atoms with E-state index in [2.05, 4.69) is 15.0 Å². The second kappa shape index (κ2) is 7.46. The fraction of sp³-hybridized carbons (Fsp3) is 0.167. The van der Waals surface area contributed by atoms with Crippen LogP contribution in [0.15, 0.2) is 35.8 Å². The molecule has 0 saturated heterocycles. The maximum Gasteiger partial charge on any atom is 0.516 e. The Kier molecular flexibility index (Phi) is 5.18. The Bertz CT molecular complexity index is 1410. The Hall–Kier alpha value is -2.70. The number of rotatable bonds is 4. The summed E-state index contributed by atoms with van der Waals surface area (Å²) >= 11 is 7.55. The lowest BCUT2D eigenvalue weighted by atomic mass is 10.1. The van der Waals surface area contributed by atoms with E-state index in [1.54, 1.807) is 17.6 Å². The fourth-order valence-corrected chi connectivity index (χ4v) is 4.56. The first kappa shape index (κ1) is 21.5. The normalized spacial score (nSPS) is 12.5. The van der Waals surface area contributed by atoms with Gasteiger partial charge in [0.2, 0.25) is 0 Å². The number of alkyl halides is 3. The second-order valence-electron chi connectivity index (χ2n) is 6.53.